The van der Waals surface area contributed by atoms with E-state index in [-0.39, 0.29) is 11.8 Å². The van der Waals surface area contributed by atoms with Gasteiger partial charge >= 0.3 is 0 Å². The molecule has 1 amide bonds. The minimum Gasteiger partial charge on any atom is -0.457 e. The molecule has 1 saturated heterocycles. The highest BCUT2D eigenvalue weighted by molar-refractivity contribution is 9.10. The maximum Gasteiger partial charge on any atom is 0.243 e. The highest BCUT2D eigenvalue weighted by Gasteiger charge is 2.24. The van der Waals surface area contributed by atoms with E-state index in [2.05, 4.69) is 55.6 Å². The van der Waals surface area contributed by atoms with Crippen molar-refractivity contribution in [2.45, 2.75) is 19.4 Å². The number of benzene rings is 3. The van der Waals surface area contributed by atoms with Gasteiger partial charge in [-0.15, -0.1) is 0 Å². The van der Waals surface area contributed by atoms with Crippen LogP contribution >= 0.6 is 15.9 Å². The Hall–Kier alpha value is -2.96. The van der Waals surface area contributed by atoms with Gasteiger partial charge in [0.15, 0.2) is 0 Å². The molecule has 0 bridgehead atoms. The van der Waals surface area contributed by atoms with Crippen molar-refractivity contribution in [3.05, 3.63) is 94.5 Å². The van der Waals surface area contributed by atoms with E-state index in [0.717, 1.165) is 54.0 Å². The molecule has 0 radical (unpaired) electrons. The molecule has 5 nitrogen and oxygen atoms in total. The molecular formula is C26H26BrN3O2. The number of nitrogens with zero attached hydrogens (tertiary/aromatic N) is 2. The number of halogens is 1. The van der Waals surface area contributed by atoms with E-state index in [1.165, 1.54) is 5.56 Å². The molecule has 1 fully saturated rings. The summed E-state index contributed by atoms with van der Waals surface area (Å²) in [5.74, 6) is 1.49. The highest BCUT2D eigenvalue weighted by Crippen LogP contribution is 2.22. The minimum absolute atomic E-state index is 0.000987. The van der Waals surface area contributed by atoms with Crippen LogP contribution in [-0.4, -0.2) is 30.1 Å². The van der Waals surface area contributed by atoms with Crippen molar-refractivity contribution >= 4 is 28.1 Å². The highest BCUT2D eigenvalue weighted by atomic mass is 79.9. The topological polar surface area (TPSA) is 53.9 Å². The van der Waals surface area contributed by atoms with E-state index in [1.807, 2.05) is 54.6 Å². The second-order valence-electron chi connectivity index (χ2n) is 7.90. The largest absolute Gasteiger partial charge is 0.457 e. The zero-order chi connectivity index (χ0) is 22.2. The fourth-order valence-corrected chi connectivity index (χ4v) is 4.01. The van der Waals surface area contributed by atoms with Gasteiger partial charge in [-0.1, -0.05) is 58.4 Å². The van der Waals surface area contributed by atoms with Gasteiger partial charge in [-0.25, -0.2) is 5.43 Å². The average molecular weight is 492 g/mol. The Bertz CT molecular complexity index is 1050. The number of hydrogen-bond acceptors (Lipinski definition) is 4. The van der Waals surface area contributed by atoms with Crippen LogP contribution in [0.3, 0.4) is 0 Å². The molecule has 1 heterocycles. The van der Waals surface area contributed by atoms with Crippen molar-refractivity contribution in [1.29, 1.82) is 0 Å². The summed E-state index contributed by atoms with van der Waals surface area (Å²) < 4.78 is 6.93. The van der Waals surface area contributed by atoms with Crippen molar-refractivity contribution in [2.75, 3.05) is 13.1 Å². The summed E-state index contributed by atoms with van der Waals surface area (Å²) in [7, 11) is 0. The number of piperidine rings is 1. The van der Waals surface area contributed by atoms with Gasteiger partial charge in [-0.3, -0.25) is 9.69 Å². The summed E-state index contributed by atoms with van der Waals surface area (Å²) >= 11 is 3.47. The molecule has 0 saturated carbocycles. The Morgan fingerprint density at radius 3 is 2.47 bits per heavy atom. The average Bonchev–Trinajstić information content (AvgIpc) is 2.82. The summed E-state index contributed by atoms with van der Waals surface area (Å²) in [6, 6.07) is 25.7. The maximum atomic E-state index is 12.5. The summed E-state index contributed by atoms with van der Waals surface area (Å²) in [5, 5.41) is 4.16. The molecule has 3 aromatic carbocycles. The number of nitrogens with one attached hydrogen (secondary N) is 1. The smallest absolute Gasteiger partial charge is 0.243 e. The van der Waals surface area contributed by atoms with Crippen LogP contribution in [0.2, 0.25) is 0 Å². The summed E-state index contributed by atoms with van der Waals surface area (Å²) in [5.41, 5.74) is 4.86. The first-order valence-corrected chi connectivity index (χ1v) is 11.6. The van der Waals surface area contributed by atoms with Gasteiger partial charge in [0.2, 0.25) is 5.91 Å². The molecule has 3 aromatic rings. The molecule has 0 atom stereocenters. The lowest BCUT2D eigenvalue weighted by molar-refractivity contribution is -0.126. The summed E-state index contributed by atoms with van der Waals surface area (Å²) in [4.78, 5) is 14.9. The van der Waals surface area contributed by atoms with Crippen LogP contribution in [-0.2, 0) is 11.3 Å². The molecule has 4 rings (SSSR count). The Kier molecular flexibility index (Phi) is 7.69. The van der Waals surface area contributed by atoms with Crippen LogP contribution in [0.1, 0.15) is 24.0 Å². The number of amides is 1. The van der Waals surface area contributed by atoms with E-state index in [9.17, 15) is 4.79 Å². The first-order chi connectivity index (χ1) is 15.7. The lowest BCUT2D eigenvalue weighted by atomic mass is 9.96. The number of rotatable bonds is 7. The standard InChI is InChI=1S/C26H26BrN3O2/c27-23-11-9-20(10-12-23)19-30-15-13-22(14-16-30)26(31)29-28-18-21-5-4-8-25(17-21)32-24-6-2-1-3-7-24/h1-12,17-18,22H,13-16,19H2,(H,29,31)/b28-18+. The molecule has 0 spiro atoms. The second kappa shape index (κ2) is 11.1. The summed E-state index contributed by atoms with van der Waals surface area (Å²) in [6.07, 6.45) is 3.34. The van der Waals surface area contributed by atoms with Gasteiger partial charge in [0.25, 0.3) is 0 Å². The Labute approximate surface area is 197 Å². The van der Waals surface area contributed by atoms with Crippen molar-refractivity contribution in [3.8, 4) is 11.5 Å². The second-order valence-corrected chi connectivity index (χ2v) is 8.81. The van der Waals surface area contributed by atoms with Crippen LogP contribution in [0, 0.1) is 5.92 Å². The van der Waals surface area contributed by atoms with Gasteiger partial charge in [-0.2, -0.15) is 5.10 Å². The molecule has 1 N–H and O–H groups in total. The minimum atomic E-state index is -0.0127. The Morgan fingerprint density at radius 2 is 1.72 bits per heavy atom. The fraction of sp³-hybridized carbons (Fsp3) is 0.231. The van der Waals surface area contributed by atoms with Crippen molar-refractivity contribution < 1.29 is 9.53 Å². The number of hydrazone groups is 1. The molecule has 0 aliphatic carbocycles. The van der Waals surface area contributed by atoms with E-state index in [1.54, 1.807) is 6.21 Å². The van der Waals surface area contributed by atoms with E-state index < -0.39 is 0 Å². The van der Waals surface area contributed by atoms with Crippen LogP contribution in [0.5, 0.6) is 11.5 Å². The summed E-state index contributed by atoms with van der Waals surface area (Å²) in [6.45, 7) is 2.74. The normalized spacial score (nSPS) is 15.0. The third-order valence-electron chi connectivity index (χ3n) is 5.50. The maximum absolute atomic E-state index is 12.5. The molecule has 0 unspecified atom stereocenters. The lowest BCUT2D eigenvalue weighted by Crippen LogP contribution is -2.39. The van der Waals surface area contributed by atoms with Gasteiger partial charge < -0.3 is 4.74 Å². The molecular weight excluding hydrogens is 466 g/mol. The molecule has 1 aliphatic rings. The monoisotopic (exact) mass is 491 g/mol. The molecule has 164 valence electrons. The zero-order valence-electron chi connectivity index (χ0n) is 17.8. The number of para-hydroxylation sites is 1. The number of hydrogen-bond donors (Lipinski definition) is 1. The van der Waals surface area contributed by atoms with Crippen molar-refractivity contribution in [3.63, 3.8) is 0 Å². The van der Waals surface area contributed by atoms with Crippen LogP contribution in [0.15, 0.2) is 88.4 Å². The predicted molar refractivity (Wildman–Crippen MR) is 131 cm³/mol. The fourth-order valence-electron chi connectivity index (χ4n) is 3.75. The predicted octanol–water partition coefficient (Wildman–Crippen LogP) is 5.60. The lowest BCUT2D eigenvalue weighted by Gasteiger charge is -2.30. The van der Waals surface area contributed by atoms with Crippen molar-refractivity contribution in [1.82, 2.24) is 10.3 Å². The van der Waals surface area contributed by atoms with Gasteiger partial charge in [0.1, 0.15) is 11.5 Å². The third kappa shape index (κ3) is 6.52. The molecule has 1 aliphatic heterocycles. The number of carbonyl (C=O) groups is 1. The van der Waals surface area contributed by atoms with E-state index in [0.29, 0.717) is 0 Å². The van der Waals surface area contributed by atoms with E-state index in [4.69, 9.17) is 4.74 Å². The van der Waals surface area contributed by atoms with Crippen LogP contribution in [0.25, 0.3) is 0 Å². The Morgan fingerprint density at radius 1 is 1.00 bits per heavy atom. The Balaban J connectivity index is 1.23. The number of carbonyl (C=O) groups excluding carboxylic acids is 1. The number of ether oxygens (including phenoxy) is 1. The quantitative estimate of drug-likeness (QED) is 0.345. The molecule has 32 heavy (non-hydrogen) atoms. The zero-order valence-corrected chi connectivity index (χ0v) is 19.4. The first-order valence-electron chi connectivity index (χ1n) is 10.8. The van der Waals surface area contributed by atoms with Crippen LogP contribution in [0.4, 0.5) is 0 Å². The van der Waals surface area contributed by atoms with Gasteiger partial charge in [-0.05, 0) is 73.5 Å². The first kappa shape index (κ1) is 22.2. The van der Waals surface area contributed by atoms with Crippen LogP contribution < -0.4 is 10.2 Å². The molecule has 6 heteroatoms. The van der Waals surface area contributed by atoms with E-state index >= 15 is 0 Å². The SMILES string of the molecule is O=C(N/N=C/c1cccc(Oc2ccccc2)c1)C1CCN(Cc2ccc(Br)cc2)CC1. The van der Waals surface area contributed by atoms with Gasteiger partial charge in [0.05, 0.1) is 6.21 Å². The third-order valence-corrected chi connectivity index (χ3v) is 6.03. The number of likely N-dealkylation sites (tertiary alicyclic amines) is 1. The van der Waals surface area contributed by atoms with Gasteiger partial charge in [0, 0.05) is 16.9 Å². The molecule has 0 aromatic heterocycles. The van der Waals surface area contributed by atoms with Crippen molar-refractivity contribution in [2.24, 2.45) is 11.0 Å².